The molecule has 1 unspecified atom stereocenters. The second-order valence-electron chi connectivity index (χ2n) is 10.1. The molecule has 4 aromatic rings. The van der Waals surface area contributed by atoms with Crippen molar-refractivity contribution in [3.8, 4) is 17.3 Å². The predicted molar refractivity (Wildman–Crippen MR) is 154 cm³/mol. The van der Waals surface area contributed by atoms with Crippen LogP contribution >= 0.6 is 0 Å². The van der Waals surface area contributed by atoms with Crippen LogP contribution in [0.4, 0.5) is 29.1 Å². The lowest BCUT2D eigenvalue weighted by Crippen LogP contribution is -2.53. The predicted octanol–water partition coefficient (Wildman–Crippen LogP) is 2.66. The number of amides is 2. The average molecular weight is 645 g/mol. The zero-order valence-corrected chi connectivity index (χ0v) is 24.5. The van der Waals surface area contributed by atoms with E-state index in [9.17, 15) is 22.8 Å². The maximum Gasteiger partial charge on any atom is 0.435 e. The molecule has 0 radical (unpaired) electrons. The lowest BCUT2D eigenvalue weighted by Gasteiger charge is -2.35. The quantitative estimate of drug-likeness (QED) is 0.208. The Morgan fingerprint density at radius 3 is 2.43 bits per heavy atom. The molecule has 1 aromatic carbocycles. The molecule has 4 N–H and O–H groups in total. The molecule has 1 fully saturated rings. The number of aromatic nitrogens is 5. The molecule has 46 heavy (non-hydrogen) atoms. The summed E-state index contributed by atoms with van der Waals surface area (Å²) in [7, 11) is 0. The number of piperazine rings is 1. The Morgan fingerprint density at radius 2 is 1.85 bits per heavy atom. The molecule has 3 aromatic heterocycles. The van der Waals surface area contributed by atoms with Crippen molar-refractivity contribution < 1.29 is 37.1 Å². The fourth-order valence-corrected chi connectivity index (χ4v) is 4.98. The van der Waals surface area contributed by atoms with E-state index in [1.54, 1.807) is 30.9 Å². The molecule has 1 aliphatic heterocycles. The second kappa shape index (κ2) is 13.6. The Morgan fingerprint density at radius 1 is 1.20 bits per heavy atom. The van der Waals surface area contributed by atoms with Crippen molar-refractivity contribution in [1.29, 1.82) is 5.26 Å². The molecular formula is C28H28F4N10O4. The highest BCUT2D eigenvalue weighted by molar-refractivity contribution is 5.97. The highest BCUT2D eigenvalue weighted by Crippen LogP contribution is 2.37. The van der Waals surface area contributed by atoms with Crippen LogP contribution in [0.5, 0.6) is 0 Å². The van der Waals surface area contributed by atoms with Crippen molar-refractivity contribution in [2.75, 3.05) is 31.5 Å². The van der Waals surface area contributed by atoms with Gasteiger partial charge in [-0.3, -0.25) is 23.5 Å². The number of hydrogen-bond donors (Lipinski definition) is 3. The first-order valence-electron chi connectivity index (χ1n) is 13.6. The van der Waals surface area contributed by atoms with E-state index in [2.05, 4.69) is 20.4 Å². The fourth-order valence-electron chi connectivity index (χ4n) is 4.98. The number of anilines is 2. The molecule has 1 saturated heterocycles. The number of imidazole rings is 1. The normalized spacial score (nSPS) is 13.9. The van der Waals surface area contributed by atoms with E-state index in [0.29, 0.717) is 5.56 Å². The number of nitrogens with zero attached hydrogens (tertiary/aromatic N) is 8. The van der Waals surface area contributed by atoms with E-state index in [-0.39, 0.29) is 79.1 Å². The van der Waals surface area contributed by atoms with Gasteiger partial charge < -0.3 is 26.0 Å². The summed E-state index contributed by atoms with van der Waals surface area (Å²) >= 11 is 0. The summed E-state index contributed by atoms with van der Waals surface area (Å²) in [4.78, 5) is 45.2. The van der Waals surface area contributed by atoms with Gasteiger partial charge in [0, 0.05) is 50.5 Å². The monoisotopic (exact) mass is 644 g/mol. The van der Waals surface area contributed by atoms with Crippen LogP contribution < -0.4 is 11.1 Å². The van der Waals surface area contributed by atoms with Crippen LogP contribution in [0.1, 0.15) is 28.5 Å². The Labute approximate surface area is 258 Å². The summed E-state index contributed by atoms with van der Waals surface area (Å²) in [6.07, 6.45) is 0.314. The first-order chi connectivity index (χ1) is 21.8. The minimum Gasteiger partial charge on any atom is -0.483 e. The van der Waals surface area contributed by atoms with Gasteiger partial charge in [-0.2, -0.15) is 23.5 Å². The van der Waals surface area contributed by atoms with Gasteiger partial charge in [0.05, 0.1) is 35.1 Å². The van der Waals surface area contributed by atoms with Gasteiger partial charge in [0.1, 0.15) is 12.4 Å². The number of fused-ring (bicyclic) bond motifs is 1. The highest BCUT2D eigenvalue weighted by atomic mass is 19.4. The van der Waals surface area contributed by atoms with E-state index < -0.39 is 29.6 Å². The molecule has 0 saturated carbocycles. The number of hydrogen-bond acceptors (Lipinski definition) is 9. The molecule has 0 spiro atoms. The van der Waals surface area contributed by atoms with Crippen LogP contribution in [0.3, 0.4) is 0 Å². The van der Waals surface area contributed by atoms with Gasteiger partial charge in [-0.15, -0.1) is 0 Å². The van der Waals surface area contributed by atoms with Crippen molar-refractivity contribution >= 4 is 35.4 Å². The highest BCUT2D eigenvalue weighted by Gasteiger charge is 2.38. The number of alkyl halides is 3. The minimum atomic E-state index is -4.78. The van der Waals surface area contributed by atoms with Crippen LogP contribution in [0.15, 0.2) is 36.9 Å². The third-order valence-electron chi connectivity index (χ3n) is 7.00. The van der Waals surface area contributed by atoms with Gasteiger partial charge >= 0.3 is 6.18 Å². The number of nitrogens with one attached hydrogen (secondary N) is 1. The molecule has 0 bridgehead atoms. The van der Waals surface area contributed by atoms with E-state index in [0.717, 1.165) is 16.9 Å². The number of aryl methyl sites for hydroxylation is 1. The first-order valence-corrected chi connectivity index (χ1v) is 13.6. The third kappa shape index (κ3) is 6.89. The Bertz CT molecular complexity index is 1780. The number of halogens is 4. The Kier molecular flexibility index (Phi) is 9.85. The van der Waals surface area contributed by atoms with Gasteiger partial charge in [0.15, 0.2) is 17.2 Å². The van der Waals surface area contributed by atoms with Crippen LogP contribution in [0.2, 0.25) is 0 Å². The molecule has 18 heteroatoms. The number of nitrogens with two attached hydrogens (primary N) is 1. The lowest BCUT2D eigenvalue weighted by atomic mass is 10.0. The Balaban J connectivity index is 0.00000154. The van der Waals surface area contributed by atoms with Crippen molar-refractivity contribution in [1.82, 2.24) is 33.9 Å². The standard InChI is InChI=1S/C27H26F4N10O2.CH2O2/c1-15-11-17(12-19(28)21(15)26(43)39-9-7-38(8-10-39)25(42)16(2)33)36-23-24-35-13-20(41(24)6-4-34-23)18-14-40(5-3-32)37-22(18)27(29,30)31;2-1-3/h4,6,11-14,16H,5,7-10,33H2,1-2H3,(H,34,36);1H,(H,2,3). The molecular weight excluding hydrogens is 616 g/mol. The van der Waals surface area contributed by atoms with Crippen LogP contribution in [-0.4, -0.2) is 89.6 Å². The number of rotatable bonds is 6. The maximum absolute atomic E-state index is 15.3. The third-order valence-corrected chi connectivity index (χ3v) is 7.00. The van der Waals surface area contributed by atoms with Crippen LogP contribution in [-0.2, 0) is 22.3 Å². The van der Waals surface area contributed by atoms with Crippen molar-refractivity contribution in [2.45, 2.75) is 32.6 Å². The van der Waals surface area contributed by atoms with Crippen molar-refractivity contribution in [3.05, 3.63) is 59.6 Å². The molecule has 2 amide bonds. The first kappa shape index (κ1) is 33.3. The summed E-state index contributed by atoms with van der Waals surface area (Å²) in [6, 6.07) is 3.78. The topological polar surface area (TPSA) is 188 Å². The summed E-state index contributed by atoms with van der Waals surface area (Å²) in [5, 5.41) is 22.3. The van der Waals surface area contributed by atoms with Gasteiger partial charge in [-0.25, -0.2) is 14.4 Å². The zero-order valence-electron chi connectivity index (χ0n) is 24.5. The lowest BCUT2D eigenvalue weighted by molar-refractivity contribution is -0.141. The van der Waals surface area contributed by atoms with E-state index in [1.807, 2.05) is 0 Å². The number of carboxylic acid groups (broad SMARTS) is 1. The smallest absolute Gasteiger partial charge is 0.435 e. The SMILES string of the molecule is Cc1cc(Nc2nccn3c(-c4cn(CC#N)nc4C(F)(F)F)cnc23)cc(F)c1C(=O)N1CCN(C(=O)C(C)N)CC1.O=CO. The molecule has 242 valence electrons. The van der Waals surface area contributed by atoms with E-state index in [4.69, 9.17) is 20.9 Å². The zero-order chi connectivity index (χ0) is 33.8. The van der Waals surface area contributed by atoms with Gasteiger partial charge in [-0.05, 0) is 31.5 Å². The summed E-state index contributed by atoms with van der Waals surface area (Å²) in [5.41, 5.74) is 4.89. The summed E-state index contributed by atoms with van der Waals surface area (Å²) in [5.74, 6) is -1.38. The van der Waals surface area contributed by atoms with Crippen molar-refractivity contribution in [3.63, 3.8) is 0 Å². The number of carbonyl (C=O) groups excluding carboxylic acids is 2. The largest absolute Gasteiger partial charge is 0.483 e. The minimum absolute atomic E-state index is 0.0583. The van der Waals surface area contributed by atoms with Crippen molar-refractivity contribution in [2.24, 2.45) is 5.73 Å². The summed E-state index contributed by atoms with van der Waals surface area (Å²) < 4.78 is 58.8. The number of carbonyl (C=O) groups is 3. The molecule has 4 heterocycles. The van der Waals surface area contributed by atoms with E-state index in [1.165, 1.54) is 27.9 Å². The van der Waals surface area contributed by atoms with Gasteiger partial charge in [0.2, 0.25) is 5.91 Å². The molecule has 0 aliphatic carbocycles. The van der Waals surface area contributed by atoms with Gasteiger partial charge in [-0.1, -0.05) is 0 Å². The molecule has 14 nitrogen and oxygen atoms in total. The van der Waals surface area contributed by atoms with Gasteiger partial charge in [0.25, 0.3) is 12.4 Å². The fraction of sp³-hybridized carbons (Fsp3) is 0.321. The molecule has 1 atom stereocenters. The maximum atomic E-state index is 15.3. The average Bonchev–Trinajstić information content (AvgIpc) is 3.62. The Hall–Kier alpha value is -5.57. The summed E-state index contributed by atoms with van der Waals surface area (Å²) in [6.45, 7) is 3.59. The van der Waals surface area contributed by atoms with E-state index >= 15 is 4.39 Å². The molecule has 1 aliphatic rings. The number of nitriles is 1. The second-order valence-corrected chi connectivity index (χ2v) is 10.1. The number of benzene rings is 1. The molecule has 5 rings (SSSR count). The van der Waals surface area contributed by atoms with Crippen LogP contribution in [0, 0.1) is 24.1 Å². The van der Waals surface area contributed by atoms with Crippen LogP contribution in [0.25, 0.3) is 16.9 Å².